The Morgan fingerprint density at radius 3 is 1.94 bits per heavy atom. The average Bonchev–Trinajstić information content (AvgIpc) is 2.15. The molecule has 1 aliphatic heterocycles. The van der Waals surface area contributed by atoms with Crippen molar-refractivity contribution in [2.75, 3.05) is 13.1 Å². The Balaban J connectivity index is 3.23. The standard InChI is InChI=1S/C11H22N2O2S/c1-7-12(8-2)10-9(3)16(14,15)13(10)11(4,5)6/h7-8H2,1-6H3. The van der Waals surface area contributed by atoms with Gasteiger partial charge in [-0.3, -0.25) is 0 Å². The fraction of sp³-hybridized carbons (Fsp3) is 0.818. The predicted molar refractivity (Wildman–Crippen MR) is 66.1 cm³/mol. The SMILES string of the molecule is CCN(CC)C1=C(C)S(=O)(=O)N1C(C)(C)C. The van der Waals surface area contributed by atoms with Crippen LogP contribution < -0.4 is 0 Å². The molecule has 1 aliphatic rings. The third-order valence-electron chi connectivity index (χ3n) is 2.81. The van der Waals surface area contributed by atoms with Crippen molar-refractivity contribution in [1.29, 1.82) is 0 Å². The van der Waals surface area contributed by atoms with Gasteiger partial charge in [0.05, 0.1) is 0 Å². The van der Waals surface area contributed by atoms with Crippen molar-refractivity contribution in [3.05, 3.63) is 10.7 Å². The number of hydrogen-bond acceptors (Lipinski definition) is 3. The molecule has 1 rings (SSSR count). The largest absolute Gasteiger partial charge is 0.357 e. The third-order valence-corrected chi connectivity index (χ3v) is 4.96. The molecule has 0 aromatic carbocycles. The van der Waals surface area contributed by atoms with E-state index >= 15 is 0 Å². The van der Waals surface area contributed by atoms with Crippen LogP contribution >= 0.6 is 0 Å². The van der Waals surface area contributed by atoms with Crippen LogP contribution in [0.1, 0.15) is 41.5 Å². The maximum absolute atomic E-state index is 12.0. The van der Waals surface area contributed by atoms with Crippen LogP contribution in [0.4, 0.5) is 0 Å². The van der Waals surface area contributed by atoms with Crippen LogP contribution in [0, 0.1) is 0 Å². The van der Waals surface area contributed by atoms with Gasteiger partial charge < -0.3 is 4.90 Å². The first-order valence-electron chi connectivity index (χ1n) is 5.69. The Bertz CT molecular complexity index is 400. The highest BCUT2D eigenvalue weighted by Gasteiger charge is 2.47. The van der Waals surface area contributed by atoms with Gasteiger partial charge in [0.25, 0.3) is 10.0 Å². The Labute approximate surface area is 99.0 Å². The van der Waals surface area contributed by atoms with Crippen LogP contribution in [-0.2, 0) is 10.0 Å². The van der Waals surface area contributed by atoms with Crippen LogP contribution in [0.2, 0.25) is 0 Å². The second-order valence-corrected chi connectivity index (χ2v) is 6.92. The van der Waals surface area contributed by atoms with Crippen molar-refractivity contribution in [2.45, 2.75) is 47.1 Å². The van der Waals surface area contributed by atoms with Crippen molar-refractivity contribution in [3.63, 3.8) is 0 Å². The predicted octanol–water partition coefficient (Wildman–Crippen LogP) is 1.96. The van der Waals surface area contributed by atoms with Gasteiger partial charge in [0.2, 0.25) is 0 Å². The lowest BCUT2D eigenvalue weighted by Crippen LogP contribution is -2.56. The summed E-state index contributed by atoms with van der Waals surface area (Å²) in [6.45, 7) is 13.2. The van der Waals surface area contributed by atoms with Crippen LogP contribution in [0.15, 0.2) is 10.7 Å². The smallest absolute Gasteiger partial charge is 0.265 e. The minimum atomic E-state index is -3.20. The molecule has 0 bridgehead atoms. The summed E-state index contributed by atoms with van der Waals surface area (Å²) >= 11 is 0. The summed E-state index contributed by atoms with van der Waals surface area (Å²) in [7, 11) is -3.20. The molecule has 0 unspecified atom stereocenters. The molecule has 16 heavy (non-hydrogen) atoms. The van der Waals surface area contributed by atoms with Gasteiger partial charge in [-0.25, -0.2) is 12.7 Å². The van der Waals surface area contributed by atoms with Gasteiger partial charge in [0, 0.05) is 18.6 Å². The first-order chi connectivity index (χ1) is 7.17. The molecule has 0 aromatic rings. The summed E-state index contributed by atoms with van der Waals surface area (Å²) in [4.78, 5) is 2.58. The molecule has 0 atom stereocenters. The number of hydrogen-bond donors (Lipinski definition) is 0. The zero-order valence-electron chi connectivity index (χ0n) is 11.0. The van der Waals surface area contributed by atoms with E-state index in [0.717, 1.165) is 18.9 Å². The molecule has 0 radical (unpaired) electrons. The van der Waals surface area contributed by atoms with Gasteiger partial charge in [-0.1, -0.05) is 0 Å². The molecule has 0 amide bonds. The topological polar surface area (TPSA) is 40.6 Å². The summed E-state index contributed by atoms with van der Waals surface area (Å²) < 4.78 is 25.5. The van der Waals surface area contributed by atoms with Crippen molar-refractivity contribution < 1.29 is 8.42 Å². The number of sulfonamides is 1. The van der Waals surface area contributed by atoms with E-state index in [1.807, 2.05) is 34.6 Å². The first kappa shape index (κ1) is 13.4. The summed E-state index contributed by atoms with van der Waals surface area (Å²) in [6, 6.07) is 0. The first-order valence-corrected chi connectivity index (χ1v) is 7.13. The van der Waals surface area contributed by atoms with E-state index in [-0.39, 0.29) is 0 Å². The van der Waals surface area contributed by atoms with E-state index in [4.69, 9.17) is 0 Å². The van der Waals surface area contributed by atoms with Crippen LogP contribution in [0.5, 0.6) is 0 Å². The van der Waals surface area contributed by atoms with Crippen molar-refractivity contribution in [3.8, 4) is 0 Å². The normalized spacial score (nSPS) is 19.8. The zero-order chi connectivity index (χ0) is 12.7. The molecule has 1 heterocycles. The zero-order valence-corrected chi connectivity index (χ0v) is 11.8. The van der Waals surface area contributed by atoms with E-state index in [2.05, 4.69) is 4.90 Å². The molecular formula is C11H22N2O2S. The lowest BCUT2D eigenvalue weighted by molar-refractivity contribution is 0.196. The molecule has 0 aliphatic carbocycles. The quantitative estimate of drug-likeness (QED) is 0.764. The number of allylic oxidation sites excluding steroid dienone is 1. The van der Waals surface area contributed by atoms with Crippen molar-refractivity contribution in [1.82, 2.24) is 9.21 Å². The van der Waals surface area contributed by atoms with Crippen molar-refractivity contribution in [2.24, 2.45) is 0 Å². The van der Waals surface area contributed by atoms with E-state index < -0.39 is 15.6 Å². The highest BCUT2D eigenvalue weighted by molar-refractivity contribution is 7.94. The third kappa shape index (κ3) is 1.81. The highest BCUT2D eigenvalue weighted by atomic mass is 32.2. The minimum Gasteiger partial charge on any atom is -0.357 e. The Morgan fingerprint density at radius 1 is 1.19 bits per heavy atom. The summed E-state index contributed by atoms with van der Waals surface area (Å²) in [5, 5.41) is 0. The second-order valence-electron chi connectivity index (χ2n) is 4.99. The number of rotatable bonds is 3. The summed E-state index contributed by atoms with van der Waals surface area (Å²) in [6.07, 6.45) is 0. The molecule has 0 fully saturated rings. The Hall–Kier alpha value is -0.710. The van der Waals surface area contributed by atoms with Gasteiger partial charge in [0.15, 0.2) is 0 Å². The van der Waals surface area contributed by atoms with Gasteiger partial charge >= 0.3 is 0 Å². The monoisotopic (exact) mass is 246 g/mol. The molecular weight excluding hydrogens is 224 g/mol. The highest BCUT2D eigenvalue weighted by Crippen LogP contribution is 2.40. The van der Waals surface area contributed by atoms with Crippen LogP contribution in [0.25, 0.3) is 0 Å². The summed E-state index contributed by atoms with van der Waals surface area (Å²) in [5.74, 6) is 0.859. The van der Waals surface area contributed by atoms with Gasteiger partial charge in [0.1, 0.15) is 10.7 Å². The lowest BCUT2D eigenvalue weighted by atomic mass is 10.1. The molecule has 0 N–H and O–H groups in total. The van der Waals surface area contributed by atoms with Crippen LogP contribution in [-0.4, -0.2) is 36.3 Å². The fourth-order valence-electron chi connectivity index (χ4n) is 2.02. The maximum atomic E-state index is 12.0. The van der Waals surface area contributed by atoms with Crippen LogP contribution in [0.3, 0.4) is 0 Å². The Morgan fingerprint density at radius 2 is 1.62 bits per heavy atom. The van der Waals surface area contributed by atoms with E-state index in [0.29, 0.717) is 4.91 Å². The van der Waals surface area contributed by atoms with Crippen molar-refractivity contribution >= 4 is 10.0 Å². The molecule has 0 spiro atoms. The van der Waals surface area contributed by atoms with E-state index in [1.165, 1.54) is 4.31 Å². The summed E-state index contributed by atoms with van der Waals surface area (Å²) in [5.41, 5.74) is -0.393. The fourth-order valence-corrected chi connectivity index (χ4v) is 3.82. The molecule has 0 saturated heterocycles. The molecule has 94 valence electrons. The molecule has 0 aromatic heterocycles. The molecule has 4 nitrogen and oxygen atoms in total. The molecule has 5 heteroatoms. The maximum Gasteiger partial charge on any atom is 0.265 e. The van der Waals surface area contributed by atoms with E-state index in [9.17, 15) is 8.42 Å². The van der Waals surface area contributed by atoms with Gasteiger partial charge in [-0.15, -0.1) is 0 Å². The minimum absolute atomic E-state index is 0.393. The van der Waals surface area contributed by atoms with Gasteiger partial charge in [-0.2, -0.15) is 0 Å². The van der Waals surface area contributed by atoms with E-state index in [1.54, 1.807) is 6.92 Å². The molecule has 0 saturated carbocycles. The average molecular weight is 246 g/mol. The second kappa shape index (κ2) is 3.95. The lowest BCUT2D eigenvalue weighted by Gasteiger charge is -2.48. The Kier molecular flexibility index (Phi) is 3.29. The number of nitrogens with zero attached hydrogens (tertiary/aromatic N) is 2. The van der Waals surface area contributed by atoms with Gasteiger partial charge in [-0.05, 0) is 41.5 Å².